The number of phosphoric acid groups is 1. The second-order valence-corrected chi connectivity index (χ2v) is 21.7. The Morgan fingerprint density at radius 3 is 1.32 bits per heavy atom. The third-order valence-electron chi connectivity index (χ3n) is 12.5. The molecule has 0 spiro atoms. The van der Waals surface area contributed by atoms with E-state index in [1.54, 1.807) is 6.08 Å². The predicted molar refractivity (Wildman–Crippen MR) is 284 cm³/mol. The van der Waals surface area contributed by atoms with Gasteiger partial charge in [0.05, 0.1) is 39.9 Å². The summed E-state index contributed by atoms with van der Waals surface area (Å²) in [5.41, 5.74) is 0. The molecule has 0 aliphatic carbocycles. The van der Waals surface area contributed by atoms with E-state index in [0.717, 1.165) is 44.9 Å². The zero-order valence-electron chi connectivity index (χ0n) is 44.1. The Kier molecular flexibility index (Phi) is 47.4. The van der Waals surface area contributed by atoms with Crippen LogP contribution in [0, 0.1) is 0 Å². The Morgan fingerprint density at radius 2 is 0.894 bits per heavy atom. The fourth-order valence-corrected chi connectivity index (χ4v) is 8.81. The Morgan fingerprint density at radius 1 is 0.530 bits per heavy atom. The van der Waals surface area contributed by atoms with Gasteiger partial charge in [-0.2, -0.15) is 0 Å². The van der Waals surface area contributed by atoms with E-state index in [-0.39, 0.29) is 12.5 Å². The Hall–Kier alpha value is -1.54. The normalized spacial score (nSPS) is 14.3. The summed E-state index contributed by atoms with van der Waals surface area (Å²) in [7, 11) is 1.25. The fourth-order valence-electron chi connectivity index (χ4n) is 8.08. The molecule has 0 rings (SSSR count). The summed E-state index contributed by atoms with van der Waals surface area (Å²) in [6.07, 6.45) is 63.3. The van der Waals surface area contributed by atoms with Gasteiger partial charge in [0.15, 0.2) is 0 Å². The molecule has 388 valence electrons. The largest absolute Gasteiger partial charge is 0.756 e. The lowest BCUT2D eigenvalue weighted by atomic mass is 10.0. The third-order valence-corrected chi connectivity index (χ3v) is 13.5. The van der Waals surface area contributed by atoms with Crippen LogP contribution < -0.4 is 10.2 Å². The maximum absolute atomic E-state index is 12.9. The number of phosphoric ester groups is 1. The van der Waals surface area contributed by atoms with Gasteiger partial charge in [0.25, 0.3) is 7.82 Å². The number of unbranched alkanes of at least 4 members (excludes halogenated alkanes) is 32. The second-order valence-electron chi connectivity index (χ2n) is 20.3. The predicted octanol–water partition coefficient (Wildman–Crippen LogP) is 16.1. The molecule has 0 radical (unpaired) electrons. The second kappa shape index (κ2) is 48.5. The average Bonchev–Trinajstić information content (AvgIpc) is 3.28. The van der Waals surface area contributed by atoms with E-state index < -0.39 is 26.6 Å². The SMILES string of the molecule is CCCCCCCCCCC/C=C\C/C=C\CCCCCCCCCCCCCCCC(=O)NC(COP(=O)([O-])OCC[N+](C)(C)C)C(O)/C=C/CC/C=C/CCCCCCCCCCC. The van der Waals surface area contributed by atoms with E-state index in [9.17, 15) is 19.4 Å². The minimum absolute atomic E-state index is 0.00689. The number of hydrogen-bond donors (Lipinski definition) is 2. The highest BCUT2D eigenvalue weighted by molar-refractivity contribution is 7.45. The lowest BCUT2D eigenvalue weighted by Gasteiger charge is -2.29. The van der Waals surface area contributed by atoms with E-state index in [0.29, 0.717) is 17.4 Å². The number of nitrogens with zero attached hydrogens (tertiary/aromatic N) is 1. The minimum atomic E-state index is -4.60. The van der Waals surface area contributed by atoms with Crippen LogP contribution in [0.4, 0.5) is 0 Å². The summed E-state index contributed by atoms with van der Waals surface area (Å²) in [6, 6.07) is -0.904. The summed E-state index contributed by atoms with van der Waals surface area (Å²) in [5, 5.41) is 13.8. The topological polar surface area (TPSA) is 108 Å². The van der Waals surface area contributed by atoms with Crippen LogP contribution in [-0.2, 0) is 18.4 Å². The Bertz CT molecular complexity index is 1210. The van der Waals surface area contributed by atoms with Crippen molar-refractivity contribution in [1.82, 2.24) is 5.32 Å². The van der Waals surface area contributed by atoms with Gasteiger partial charge in [-0.3, -0.25) is 9.36 Å². The van der Waals surface area contributed by atoms with E-state index in [1.807, 2.05) is 27.2 Å². The highest BCUT2D eigenvalue weighted by Crippen LogP contribution is 2.38. The number of aliphatic hydroxyl groups is 1. The molecule has 66 heavy (non-hydrogen) atoms. The van der Waals surface area contributed by atoms with E-state index in [2.05, 4.69) is 55.6 Å². The number of hydrogen-bond acceptors (Lipinski definition) is 6. The molecule has 2 N–H and O–H groups in total. The summed E-state index contributed by atoms with van der Waals surface area (Å²) in [6.45, 7) is 4.64. The van der Waals surface area contributed by atoms with Gasteiger partial charge in [-0.05, 0) is 64.2 Å². The lowest BCUT2D eigenvalue weighted by molar-refractivity contribution is -0.870. The quantitative estimate of drug-likeness (QED) is 0.0272. The first kappa shape index (κ1) is 64.5. The number of amides is 1. The van der Waals surface area contributed by atoms with E-state index in [4.69, 9.17) is 9.05 Å². The molecule has 0 aromatic rings. The number of carbonyl (C=O) groups is 1. The molecule has 0 saturated heterocycles. The van der Waals surface area contributed by atoms with Gasteiger partial charge >= 0.3 is 0 Å². The molecule has 0 aromatic carbocycles. The molecule has 0 aliphatic heterocycles. The number of nitrogens with one attached hydrogen (secondary N) is 1. The number of allylic oxidation sites excluding steroid dienone is 7. The van der Waals surface area contributed by atoms with E-state index in [1.165, 1.54) is 193 Å². The first-order chi connectivity index (χ1) is 32.0. The van der Waals surface area contributed by atoms with Crippen LogP contribution in [0.15, 0.2) is 48.6 Å². The highest BCUT2D eigenvalue weighted by atomic mass is 31.2. The monoisotopic (exact) mass is 949 g/mol. The zero-order chi connectivity index (χ0) is 48.5. The van der Waals surface area contributed by atoms with Gasteiger partial charge in [-0.25, -0.2) is 0 Å². The molecule has 3 atom stereocenters. The maximum Gasteiger partial charge on any atom is 0.268 e. The molecule has 0 heterocycles. The molecule has 3 unspecified atom stereocenters. The van der Waals surface area contributed by atoms with Crippen molar-refractivity contribution < 1.29 is 32.9 Å². The van der Waals surface area contributed by atoms with Crippen molar-refractivity contribution in [1.29, 1.82) is 0 Å². The van der Waals surface area contributed by atoms with Crippen LogP contribution >= 0.6 is 7.82 Å². The van der Waals surface area contributed by atoms with Crippen LogP contribution in [-0.4, -0.2) is 68.5 Å². The molecular weight excluding hydrogens is 840 g/mol. The van der Waals surface area contributed by atoms with Crippen LogP contribution in [0.1, 0.15) is 258 Å². The third kappa shape index (κ3) is 50.3. The van der Waals surface area contributed by atoms with Crippen molar-refractivity contribution in [3.63, 3.8) is 0 Å². The summed E-state index contributed by atoms with van der Waals surface area (Å²) in [5.74, 6) is -0.207. The first-order valence-corrected chi connectivity index (χ1v) is 29.5. The van der Waals surface area contributed by atoms with Crippen molar-refractivity contribution in [2.45, 2.75) is 270 Å². The zero-order valence-corrected chi connectivity index (χ0v) is 45.0. The number of aliphatic hydroxyl groups excluding tert-OH is 1. The fraction of sp³-hybridized carbons (Fsp3) is 0.842. The molecule has 1 amide bonds. The molecule has 0 fully saturated rings. The number of rotatable bonds is 51. The standard InChI is InChI=1S/C57H109N2O6P/c1-6-8-10-12-14-16-18-20-22-23-24-25-26-27-28-29-30-31-32-33-34-35-37-39-41-43-45-47-49-51-57(61)58-55(54-65-66(62,63)64-53-52-59(3,4)5)56(60)50-48-46-44-42-40-38-36-21-19-17-15-13-11-9-7-2/h24-25,27-28,40,42,48,50,55-56,60H,6-23,26,29-39,41,43-47,49,51-54H2,1-5H3,(H-,58,61,62,63)/b25-24-,28-27-,42-40+,50-48+. The van der Waals surface area contributed by atoms with Gasteiger partial charge in [0.2, 0.25) is 5.91 Å². The van der Waals surface area contributed by atoms with E-state index >= 15 is 0 Å². The van der Waals surface area contributed by atoms with Gasteiger partial charge in [0.1, 0.15) is 13.2 Å². The van der Waals surface area contributed by atoms with Gasteiger partial charge < -0.3 is 28.8 Å². The minimum Gasteiger partial charge on any atom is -0.756 e. The van der Waals surface area contributed by atoms with Crippen LogP contribution in [0.25, 0.3) is 0 Å². The van der Waals surface area contributed by atoms with Crippen molar-refractivity contribution in [3.05, 3.63) is 48.6 Å². The number of likely N-dealkylation sites (N-methyl/N-ethyl adjacent to an activating group) is 1. The molecule has 0 bridgehead atoms. The van der Waals surface area contributed by atoms with Crippen LogP contribution in [0.5, 0.6) is 0 Å². The van der Waals surface area contributed by atoms with Gasteiger partial charge in [0, 0.05) is 6.42 Å². The lowest BCUT2D eigenvalue weighted by Crippen LogP contribution is -2.45. The molecule has 9 heteroatoms. The first-order valence-electron chi connectivity index (χ1n) is 28.0. The molecule has 0 aromatic heterocycles. The number of carbonyl (C=O) groups excluding carboxylic acids is 1. The van der Waals surface area contributed by atoms with Crippen LogP contribution in [0.2, 0.25) is 0 Å². The van der Waals surface area contributed by atoms with Crippen molar-refractivity contribution in [2.75, 3.05) is 40.9 Å². The molecule has 0 aliphatic rings. The molecule has 0 saturated carbocycles. The smallest absolute Gasteiger partial charge is 0.268 e. The van der Waals surface area contributed by atoms with Crippen LogP contribution in [0.3, 0.4) is 0 Å². The van der Waals surface area contributed by atoms with Crippen molar-refractivity contribution >= 4 is 13.7 Å². The van der Waals surface area contributed by atoms with Crippen molar-refractivity contribution in [3.8, 4) is 0 Å². The average molecular weight is 949 g/mol. The maximum atomic E-state index is 12.9. The van der Waals surface area contributed by atoms with Gasteiger partial charge in [-0.1, -0.05) is 236 Å². The molecular formula is C57H109N2O6P. The van der Waals surface area contributed by atoms with Crippen molar-refractivity contribution in [2.24, 2.45) is 0 Å². The summed E-state index contributed by atoms with van der Waals surface area (Å²) >= 11 is 0. The summed E-state index contributed by atoms with van der Waals surface area (Å²) in [4.78, 5) is 25.4. The molecule has 8 nitrogen and oxygen atoms in total. The highest BCUT2D eigenvalue weighted by Gasteiger charge is 2.23. The number of quaternary nitrogens is 1. The van der Waals surface area contributed by atoms with Gasteiger partial charge in [-0.15, -0.1) is 0 Å². The summed E-state index contributed by atoms with van der Waals surface area (Å²) < 4.78 is 23.3. The Balaban J connectivity index is 4.16. The Labute approximate surface area is 409 Å².